The third kappa shape index (κ3) is 2.85. The van der Waals surface area contributed by atoms with E-state index < -0.39 is 5.82 Å². The molecule has 0 radical (unpaired) electrons. The van der Waals surface area contributed by atoms with Crippen LogP contribution in [0.3, 0.4) is 0 Å². The average Bonchev–Trinajstić information content (AvgIpc) is 2.87. The third-order valence-corrected chi connectivity index (χ3v) is 4.25. The molecule has 3 rings (SSSR count). The molecular formula is C15H14FN3O2S. The van der Waals surface area contributed by atoms with Gasteiger partial charge in [-0.2, -0.15) is 0 Å². The Morgan fingerprint density at radius 3 is 3.00 bits per heavy atom. The van der Waals surface area contributed by atoms with Gasteiger partial charge >= 0.3 is 0 Å². The summed E-state index contributed by atoms with van der Waals surface area (Å²) in [5.74, 6) is -1.12. The maximum Gasteiger partial charge on any atom is 0.246 e. The number of halogens is 1. The van der Waals surface area contributed by atoms with Gasteiger partial charge in [0.1, 0.15) is 12.4 Å². The predicted octanol–water partition coefficient (Wildman–Crippen LogP) is 2.51. The number of carbonyl (C=O) groups is 2. The highest BCUT2D eigenvalue weighted by molar-refractivity contribution is 7.15. The smallest absolute Gasteiger partial charge is 0.246 e. The van der Waals surface area contributed by atoms with Crippen molar-refractivity contribution in [2.75, 3.05) is 16.8 Å². The SMILES string of the molecule is Cc1cnc(NC(=O)CN2C(=O)CCc3cccc(F)c32)s1. The second-order valence-electron chi connectivity index (χ2n) is 5.05. The molecule has 1 aliphatic rings. The lowest BCUT2D eigenvalue weighted by molar-refractivity contribution is -0.121. The largest absolute Gasteiger partial charge is 0.300 e. The molecule has 1 aromatic heterocycles. The number of carbonyl (C=O) groups excluding carboxylic acids is 2. The third-order valence-electron chi connectivity index (χ3n) is 3.42. The van der Waals surface area contributed by atoms with Gasteiger partial charge in [-0.1, -0.05) is 12.1 Å². The number of thiazole rings is 1. The molecule has 1 N–H and O–H groups in total. The number of aryl methyl sites for hydroxylation is 2. The van der Waals surface area contributed by atoms with Crippen molar-refractivity contribution < 1.29 is 14.0 Å². The van der Waals surface area contributed by atoms with Crippen LogP contribution < -0.4 is 10.2 Å². The lowest BCUT2D eigenvalue weighted by Gasteiger charge is -2.29. The minimum atomic E-state index is -0.483. The highest BCUT2D eigenvalue weighted by Gasteiger charge is 2.28. The minimum Gasteiger partial charge on any atom is -0.300 e. The molecular weight excluding hydrogens is 305 g/mol. The van der Waals surface area contributed by atoms with Crippen LogP contribution in [0.15, 0.2) is 24.4 Å². The molecule has 5 nitrogen and oxygen atoms in total. The first-order valence-electron chi connectivity index (χ1n) is 6.84. The first kappa shape index (κ1) is 14.6. The Labute approximate surface area is 130 Å². The van der Waals surface area contributed by atoms with Gasteiger partial charge in [-0.3, -0.25) is 14.5 Å². The highest BCUT2D eigenvalue weighted by atomic mass is 32.1. The van der Waals surface area contributed by atoms with Crippen molar-refractivity contribution in [2.24, 2.45) is 0 Å². The molecule has 0 bridgehead atoms. The van der Waals surface area contributed by atoms with E-state index in [1.54, 1.807) is 18.3 Å². The molecule has 2 amide bonds. The molecule has 0 atom stereocenters. The van der Waals surface area contributed by atoms with E-state index in [1.807, 2.05) is 6.92 Å². The Morgan fingerprint density at radius 2 is 2.27 bits per heavy atom. The van der Waals surface area contributed by atoms with Gasteiger partial charge < -0.3 is 5.32 Å². The van der Waals surface area contributed by atoms with E-state index in [2.05, 4.69) is 10.3 Å². The highest BCUT2D eigenvalue weighted by Crippen LogP contribution is 2.30. The summed E-state index contributed by atoms with van der Waals surface area (Å²) in [7, 11) is 0. The predicted molar refractivity (Wildman–Crippen MR) is 82.6 cm³/mol. The van der Waals surface area contributed by atoms with Crippen LogP contribution in [0.4, 0.5) is 15.2 Å². The van der Waals surface area contributed by atoms with Crippen LogP contribution in [-0.4, -0.2) is 23.3 Å². The summed E-state index contributed by atoms with van der Waals surface area (Å²) >= 11 is 1.35. The van der Waals surface area contributed by atoms with Gasteiger partial charge in [0.25, 0.3) is 0 Å². The molecule has 0 spiro atoms. The number of nitrogens with one attached hydrogen (secondary N) is 1. The number of anilines is 2. The van der Waals surface area contributed by atoms with E-state index in [9.17, 15) is 14.0 Å². The normalized spacial score (nSPS) is 13.9. The zero-order chi connectivity index (χ0) is 15.7. The van der Waals surface area contributed by atoms with Gasteiger partial charge in [0.15, 0.2) is 5.13 Å². The lowest BCUT2D eigenvalue weighted by Crippen LogP contribution is -2.41. The zero-order valence-corrected chi connectivity index (χ0v) is 12.7. The van der Waals surface area contributed by atoms with E-state index in [0.29, 0.717) is 11.6 Å². The molecule has 0 unspecified atom stereocenters. The van der Waals surface area contributed by atoms with Crippen molar-refractivity contribution >= 4 is 34.0 Å². The Morgan fingerprint density at radius 1 is 1.45 bits per heavy atom. The van der Waals surface area contributed by atoms with Gasteiger partial charge in [0.05, 0.1) is 5.69 Å². The molecule has 0 fully saturated rings. The number of amides is 2. The maximum atomic E-state index is 14.0. The molecule has 7 heteroatoms. The fourth-order valence-electron chi connectivity index (χ4n) is 2.45. The fourth-order valence-corrected chi connectivity index (χ4v) is 3.13. The Balaban J connectivity index is 1.80. The van der Waals surface area contributed by atoms with Crippen LogP contribution in [0.5, 0.6) is 0 Å². The van der Waals surface area contributed by atoms with E-state index in [1.165, 1.54) is 22.3 Å². The van der Waals surface area contributed by atoms with Gasteiger partial charge in [0, 0.05) is 17.5 Å². The number of hydrogen-bond donors (Lipinski definition) is 1. The number of fused-ring (bicyclic) bond motifs is 1. The van der Waals surface area contributed by atoms with Crippen molar-refractivity contribution in [2.45, 2.75) is 19.8 Å². The van der Waals surface area contributed by atoms with E-state index in [0.717, 1.165) is 10.4 Å². The molecule has 0 aliphatic carbocycles. The monoisotopic (exact) mass is 319 g/mol. The summed E-state index contributed by atoms with van der Waals surface area (Å²) in [4.78, 5) is 30.4. The molecule has 0 saturated heterocycles. The number of nitrogens with zero attached hydrogens (tertiary/aromatic N) is 2. The van der Waals surface area contributed by atoms with E-state index in [-0.39, 0.29) is 30.5 Å². The molecule has 2 aromatic rings. The number of rotatable bonds is 3. The van der Waals surface area contributed by atoms with Crippen molar-refractivity contribution in [3.05, 3.63) is 40.7 Å². The van der Waals surface area contributed by atoms with Crippen molar-refractivity contribution in [1.29, 1.82) is 0 Å². The second-order valence-corrected chi connectivity index (χ2v) is 6.29. The summed E-state index contributed by atoms with van der Waals surface area (Å²) in [5, 5.41) is 3.11. The van der Waals surface area contributed by atoms with E-state index in [4.69, 9.17) is 0 Å². The van der Waals surface area contributed by atoms with Crippen LogP contribution in [-0.2, 0) is 16.0 Å². The standard InChI is InChI=1S/C15H14FN3O2S/c1-9-7-17-15(22-9)18-12(20)8-19-13(21)6-5-10-3-2-4-11(16)14(10)19/h2-4,7H,5-6,8H2,1H3,(H,17,18,20). The van der Waals surface area contributed by atoms with E-state index >= 15 is 0 Å². The van der Waals surface area contributed by atoms with Crippen LogP contribution in [0, 0.1) is 12.7 Å². The Bertz CT molecular complexity index is 744. The van der Waals surface area contributed by atoms with Crippen molar-refractivity contribution in [1.82, 2.24) is 4.98 Å². The zero-order valence-electron chi connectivity index (χ0n) is 11.9. The molecule has 22 heavy (non-hydrogen) atoms. The number of para-hydroxylation sites is 1. The minimum absolute atomic E-state index is 0.212. The summed E-state index contributed by atoms with van der Waals surface area (Å²) in [6, 6.07) is 4.69. The average molecular weight is 319 g/mol. The molecule has 114 valence electrons. The van der Waals surface area contributed by atoms with Crippen molar-refractivity contribution in [3.8, 4) is 0 Å². The summed E-state index contributed by atoms with van der Waals surface area (Å²) < 4.78 is 14.0. The van der Waals surface area contributed by atoms with Gasteiger partial charge in [-0.15, -0.1) is 11.3 Å². The molecule has 1 aliphatic heterocycles. The van der Waals surface area contributed by atoms with Crippen molar-refractivity contribution in [3.63, 3.8) is 0 Å². The Kier molecular flexibility index (Phi) is 3.89. The second kappa shape index (κ2) is 5.84. The van der Waals surface area contributed by atoms with Gasteiger partial charge in [-0.25, -0.2) is 9.37 Å². The topological polar surface area (TPSA) is 62.3 Å². The quantitative estimate of drug-likeness (QED) is 0.945. The lowest BCUT2D eigenvalue weighted by atomic mass is 10.0. The van der Waals surface area contributed by atoms with Crippen LogP contribution >= 0.6 is 11.3 Å². The van der Waals surface area contributed by atoms with Gasteiger partial charge in [0.2, 0.25) is 11.8 Å². The number of benzene rings is 1. The Hall–Kier alpha value is -2.28. The fraction of sp³-hybridized carbons (Fsp3) is 0.267. The van der Waals surface area contributed by atoms with Crippen LogP contribution in [0.2, 0.25) is 0 Å². The molecule has 1 aromatic carbocycles. The van der Waals surface area contributed by atoms with Gasteiger partial charge in [-0.05, 0) is 25.0 Å². The molecule has 0 saturated carbocycles. The summed E-state index contributed by atoms with van der Waals surface area (Å²) in [6.07, 6.45) is 2.43. The summed E-state index contributed by atoms with van der Waals surface area (Å²) in [5.41, 5.74) is 0.960. The maximum absolute atomic E-state index is 14.0. The number of aromatic nitrogens is 1. The first-order chi connectivity index (χ1) is 10.5. The first-order valence-corrected chi connectivity index (χ1v) is 7.66. The molecule has 2 heterocycles. The number of hydrogen-bond acceptors (Lipinski definition) is 4. The van der Waals surface area contributed by atoms with Crippen LogP contribution in [0.1, 0.15) is 16.9 Å². The summed E-state index contributed by atoms with van der Waals surface area (Å²) in [6.45, 7) is 1.67. The van der Waals surface area contributed by atoms with Crippen LogP contribution in [0.25, 0.3) is 0 Å².